The maximum Gasteiger partial charge on any atom is 0.266 e. The highest BCUT2D eigenvalue weighted by molar-refractivity contribution is 7.93. The van der Waals surface area contributed by atoms with Crippen molar-refractivity contribution in [3.05, 3.63) is 41.4 Å². The molecule has 4 nitrogen and oxygen atoms in total. The summed E-state index contributed by atoms with van der Waals surface area (Å²) in [6.45, 7) is 0. The highest BCUT2D eigenvalue weighted by Crippen LogP contribution is 2.21. The topological polar surface area (TPSA) is 59.1 Å². The second-order valence-corrected chi connectivity index (χ2v) is 5.54. The van der Waals surface area contributed by atoms with Crippen molar-refractivity contribution in [1.82, 2.24) is 4.98 Å². The van der Waals surface area contributed by atoms with E-state index in [-0.39, 0.29) is 5.13 Å². The lowest BCUT2D eigenvalue weighted by Gasteiger charge is -2.06. The molecule has 1 aromatic heterocycles. The van der Waals surface area contributed by atoms with Crippen LogP contribution in [0, 0.1) is 11.6 Å². The Labute approximate surface area is 100.0 Å². The summed E-state index contributed by atoms with van der Waals surface area (Å²) < 4.78 is 51.7. The molecule has 0 radical (unpaired) electrons. The Balaban J connectivity index is 2.42. The number of sulfonamides is 1. The van der Waals surface area contributed by atoms with Gasteiger partial charge in [0.2, 0.25) is 0 Å². The number of hydrogen-bond acceptors (Lipinski definition) is 4. The zero-order valence-electron chi connectivity index (χ0n) is 8.22. The van der Waals surface area contributed by atoms with Gasteiger partial charge in [-0.25, -0.2) is 22.2 Å². The quantitative estimate of drug-likeness (QED) is 0.935. The molecule has 8 heteroatoms. The molecule has 1 N–H and O–H groups in total. The maximum absolute atomic E-state index is 13.3. The van der Waals surface area contributed by atoms with Crippen molar-refractivity contribution in [1.29, 1.82) is 0 Å². The van der Waals surface area contributed by atoms with Crippen molar-refractivity contribution in [3.8, 4) is 0 Å². The second-order valence-electron chi connectivity index (χ2n) is 2.99. The third kappa shape index (κ3) is 2.42. The Bertz CT molecular complexity index is 626. The van der Waals surface area contributed by atoms with E-state index in [1.54, 1.807) is 5.38 Å². The van der Waals surface area contributed by atoms with E-state index in [2.05, 4.69) is 9.71 Å². The van der Waals surface area contributed by atoms with Gasteiger partial charge in [0.25, 0.3) is 10.0 Å². The molecular weight excluding hydrogens is 270 g/mol. The lowest BCUT2D eigenvalue weighted by molar-refractivity contribution is 0.485. The van der Waals surface area contributed by atoms with Gasteiger partial charge in [0, 0.05) is 11.6 Å². The molecule has 2 aromatic rings. The molecule has 17 heavy (non-hydrogen) atoms. The van der Waals surface area contributed by atoms with E-state index in [0.29, 0.717) is 0 Å². The summed E-state index contributed by atoms with van der Waals surface area (Å²) >= 11 is 1.04. The molecule has 0 saturated heterocycles. The van der Waals surface area contributed by atoms with Crippen LogP contribution in [0.15, 0.2) is 34.7 Å². The van der Waals surface area contributed by atoms with E-state index in [0.717, 1.165) is 29.5 Å². The first-order chi connectivity index (χ1) is 8.00. The molecule has 0 bridgehead atoms. The zero-order chi connectivity index (χ0) is 12.5. The predicted octanol–water partition coefficient (Wildman–Crippen LogP) is 2.22. The van der Waals surface area contributed by atoms with Crippen LogP contribution in [0.2, 0.25) is 0 Å². The normalized spacial score (nSPS) is 11.4. The van der Waals surface area contributed by atoms with Crippen LogP contribution in [-0.2, 0) is 10.0 Å². The van der Waals surface area contributed by atoms with Gasteiger partial charge in [-0.05, 0) is 12.1 Å². The van der Waals surface area contributed by atoms with Crippen LogP contribution in [0.4, 0.5) is 13.9 Å². The van der Waals surface area contributed by atoms with Crippen molar-refractivity contribution >= 4 is 26.5 Å². The summed E-state index contributed by atoms with van der Waals surface area (Å²) in [5.74, 6) is -2.62. The molecule has 1 aromatic carbocycles. The molecule has 0 amide bonds. The Morgan fingerprint density at radius 3 is 2.71 bits per heavy atom. The van der Waals surface area contributed by atoms with Crippen LogP contribution in [-0.4, -0.2) is 13.4 Å². The first kappa shape index (κ1) is 11.9. The Hall–Kier alpha value is -1.54. The van der Waals surface area contributed by atoms with Gasteiger partial charge >= 0.3 is 0 Å². The molecule has 90 valence electrons. The third-order valence-corrected chi connectivity index (χ3v) is 4.03. The first-order valence-corrected chi connectivity index (χ1v) is 6.73. The lowest BCUT2D eigenvalue weighted by Crippen LogP contribution is -2.15. The SMILES string of the molecule is O=S(=O)(Nc1nccs1)c1cccc(F)c1F. The minimum Gasteiger partial charge on any atom is -0.255 e. The first-order valence-electron chi connectivity index (χ1n) is 4.37. The van der Waals surface area contributed by atoms with E-state index < -0.39 is 26.6 Å². The summed E-state index contributed by atoms with van der Waals surface area (Å²) in [5, 5.41) is 1.65. The van der Waals surface area contributed by atoms with Crippen LogP contribution in [0.5, 0.6) is 0 Å². The van der Waals surface area contributed by atoms with Crippen LogP contribution < -0.4 is 4.72 Å². The number of anilines is 1. The molecule has 0 aliphatic heterocycles. The molecule has 0 aliphatic carbocycles. The second kappa shape index (κ2) is 4.38. The van der Waals surface area contributed by atoms with Gasteiger partial charge in [-0.1, -0.05) is 6.07 Å². The van der Waals surface area contributed by atoms with Crippen molar-refractivity contribution < 1.29 is 17.2 Å². The summed E-state index contributed by atoms with van der Waals surface area (Å²) in [4.78, 5) is 2.95. The van der Waals surface area contributed by atoms with Crippen molar-refractivity contribution in [2.75, 3.05) is 4.72 Å². The number of aromatic nitrogens is 1. The average molecular weight is 276 g/mol. The van der Waals surface area contributed by atoms with Gasteiger partial charge in [0.05, 0.1) is 0 Å². The predicted molar refractivity (Wildman–Crippen MR) is 59.3 cm³/mol. The zero-order valence-corrected chi connectivity index (χ0v) is 9.86. The van der Waals surface area contributed by atoms with E-state index in [9.17, 15) is 17.2 Å². The number of benzene rings is 1. The van der Waals surface area contributed by atoms with E-state index in [1.165, 1.54) is 6.20 Å². The Morgan fingerprint density at radius 2 is 2.06 bits per heavy atom. The summed E-state index contributed by atoms with van der Waals surface area (Å²) in [7, 11) is -4.15. The molecule has 0 fully saturated rings. The molecule has 0 spiro atoms. The molecule has 0 saturated carbocycles. The van der Waals surface area contributed by atoms with E-state index >= 15 is 0 Å². The standard InChI is InChI=1S/C9H6F2N2O2S2/c10-6-2-1-3-7(8(6)11)17(14,15)13-9-12-4-5-16-9/h1-5H,(H,12,13). The maximum atomic E-state index is 13.3. The lowest BCUT2D eigenvalue weighted by atomic mass is 10.3. The van der Waals surface area contributed by atoms with Gasteiger partial charge in [-0.2, -0.15) is 0 Å². The average Bonchev–Trinajstić information content (AvgIpc) is 2.73. The minimum atomic E-state index is -4.15. The molecule has 0 atom stereocenters. The van der Waals surface area contributed by atoms with Crippen molar-refractivity contribution in [2.45, 2.75) is 4.90 Å². The highest BCUT2D eigenvalue weighted by atomic mass is 32.2. The fourth-order valence-corrected chi connectivity index (χ4v) is 3.01. The number of rotatable bonds is 3. The van der Waals surface area contributed by atoms with Crippen LogP contribution in [0.3, 0.4) is 0 Å². The van der Waals surface area contributed by atoms with Gasteiger partial charge < -0.3 is 0 Å². The molecule has 1 heterocycles. The fourth-order valence-electron chi connectivity index (χ4n) is 1.14. The van der Waals surface area contributed by atoms with Gasteiger partial charge in [0.1, 0.15) is 4.90 Å². The molecular formula is C9H6F2N2O2S2. The number of hydrogen-bond donors (Lipinski definition) is 1. The van der Waals surface area contributed by atoms with Crippen molar-refractivity contribution in [2.24, 2.45) is 0 Å². The number of nitrogens with one attached hydrogen (secondary N) is 1. The van der Waals surface area contributed by atoms with Crippen LogP contribution >= 0.6 is 11.3 Å². The van der Waals surface area contributed by atoms with Crippen LogP contribution in [0.1, 0.15) is 0 Å². The number of nitrogens with zero attached hydrogens (tertiary/aromatic N) is 1. The monoisotopic (exact) mass is 276 g/mol. The van der Waals surface area contributed by atoms with Gasteiger partial charge in [0.15, 0.2) is 16.8 Å². The Morgan fingerprint density at radius 1 is 1.29 bits per heavy atom. The molecule has 0 aliphatic rings. The molecule has 2 rings (SSSR count). The van der Waals surface area contributed by atoms with E-state index in [4.69, 9.17) is 0 Å². The minimum absolute atomic E-state index is 0.0914. The third-order valence-electron chi connectivity index (χ3n) is 1.86. The largest absolute Gasteiger partial charge is 0.266 e. The summed E-state index contributed by atoms with van der Waals surface area (Å²) in [6, 6.07) is 2.95. The van der Waals surface area contributed by atoms with Crippen LogP contribution in [0.25, 0.3) is 0 Å². The summed E-state index contributed by atoms with van der Waals surface area (Å²) in [5.41, 5.74) is 0. The van der Waals surface area contributed by atoms with E-state index in [1.807, 2.05) is 0 Å². The fraction of sp³-hybridized carbons (Fsp3) is 0. The van der Waals surface area contributed by atoms with Crippen molar-refractivity contribution in [3.63, 3.8) is 0 Å². The summed E-state index contributed by atoms with van der Waals surface area (Å²) in [6.07, 6.45) is 1.39. The van der Waals surface area contributed by atoms with Gasteiger partial charge in [-0.3, -0.25) is 4.72 Å². The number of halogens is 2. The molecule has 0 unspecified atom stereocenters. The van der Waals surface area contributed by atoms with Gasteiger partial charge in [-0.15, -0.1) is 11.3 Å². The highest BCUT2D eigenvalue weighted by Gasteiger charge is 2.22. The smallest absolute Gasteiger partial charge is 0.255 e. The number of thiazole rings is 1. The Kier molecular flexibility index (Phi) is 3.07.